The molecule has 90 valence electrons. The third-order valence-electron chi connectivity index (χ3n) is 2.04. The molecule has 0 unspecified atom stereocenters. The molecule has 0 spiro atoms. The van der Waals surface area contributed by atoms with Gasteiger partial charge in [-0.15, -0.1) is 9.78 Å². The molecule has 0 fully saturated rings. The zero-order chi connectivity index (χ0) is 12.6. The monoisotopic (exact) mass is 234 g/mol. The van der Waals surface area contributed by atoms with Crippen LogP contribution in [-0.4, -0.2) is 26.5 Å². The summed E-state index contributed by atoms with van der Waals surface area (Å²) >= 11 is 0. The smallest absolute Gasteiger partial charge is 0.437 e. The van der Waals surface area contributed by atoms with E-state index in [-0.39, 0.29) is 5.82 Å². The van der Waals surface area contributed by atoms with Crippen molar-refractivity contribution in [3.8, 4) is 0 Å². The van der Waals surface area contributed by atoms with Gasteiger partial charge in [-0.3, -0.25) is 0 Å². The topological polar surface area (TPSA) is 83.0 Å². The Balaban J connectivity index is 2.46. The summed E-state index contributed by atoms with van der Waals surface area (Å²) in [5.41, 5.74) is 5.52. The summed E-state index contributed by atoms with van der Waals surface area (Å²) in [5, 5.41) is 4.57. The predicted molar refractivity (Wildman–Crippen MR) is 63.6 cm³/mol. The number of nitrogens with zero attached hydrogens (tertiary/aromatic N) is 3. The summed E-state index contributed by atoms with van der Waals surface area (Å²) in [6.07, 6.45) is 0.988. The second-order valence-corrected chi connectivity index (χ2v) is 4.65. The van der Waals surface area contributed by atoms with Crippen LogP contribution in [0.2, 0.25) is 0 Å². The SMILES string of the molecule is CC(C)(C)OC(=O)n1nc(N)c2cccnc21. The number of fused-ring (bicyclic) bond motifs is 1. The van der Waals surface area contributed by atoms with Crippen LogP contribution in [0.4, 0.5) is 10.6 Å². The van der Waals surface area contributed by atoms with Crippen molar-refractivity contribution >= 4 is 22.9 Å². The highest BCUT2D eigenvalue weighted by atomic mass is 16.6. The standard InChI is InChI=1S/C11H14N4O2/c1-11(2,3)17-10(16)15-9-7(8(12)14-15)5-4-6-13-9/h4-6H,1-3H3,(H2,12,14). The quantitative estimate of drug-likeness (QED) is 0.751. The first-order chi connectivity index (χ1) is 7.88. The van der Waals surface area contributed by atoms with Crippen LogP contribution < -0.4 is 5.73 Å². The van der Waals surface area contributed by atoms with Crippen LogP contribution in [0.3, 0.4) is 0 Å². The predicted octanol–water partition coefficient (Wildman–Crippen LogP) is 1.80. The first-order valence-corrected chi connectivity index (χ1v) is 5.21. The lowest BCUT2D eigenvalue weighted by molar-refractivity contribution is 0.0522. The molecule has 0 bridgehead atoms. The molecule has 0 radical (unpaired) electrons. The first kappa shape index (κ1) is 11.4. The highest BCUT2D eigenvalue weighted by molar-refractivity contribution is 5.92. The maximum atomic E-state index is 11.9. The summed E-state index contributed by atoms with van der Waals surface area (Å²) in [6.45, 7) is 5.36. The minimum Gasteiger partial charge on any atom is -0.442 e. The average molecular weight is 234 g/mol. The summed E-state index contributed by atoms with van der Waals surface area (Å²) in [6, 6.07) is 3.49. The maximum absolute atomic E-state index is 11.9. The van der Waals surface area contributed by atoms with Crippen LogP contribution in [0.1, 0.15) is 20.8 Å². The molecular formula is C11H14N4O2. The van der Waals surface area contributed by atoms with Gasteiger partial charge in [-0.2, -0.15) is 0 Å². The molecule has 0 saturated carbocycles. The van der Waals surface area contributed by atoms with Gasteiger partial charge in [0.25, 0.3) is 0 Å². The number of carbonyl (C=O) groups excluding carboxylic acids is 1. The van der Waals surface area contributed by atoms with E-state index in [4.69, 9.17) is 10.5 Å². The van der Waals surface area contributed by atoms with E-state index in [9.17, 15) is 4.79 Å². The lowest BCUT2D eigenvalue weighted by Gasteiger charge is -2.18. The Labute approximate surface area is 98.4 Å². The van der Waals surface area contributed by atoms with E-state index in [0.717, 1.165) is 4.68 Å². The third-order valence-corrected chi connectivity index (χ3v) is 2.04. The van der Waals surface area contributed by atoms with Gasteiger partial charge in [-0.05, 0) is 32.9 Å². The number of hydrogen-bond donors (Lipinski definition) is 1. The van der Waals surface area contributed by atoms with E-state index in [2.05, 4.69) is 10.1 Å². The van der Waals surface area contributed by atoms with Crippen LogP contribution in [0, 0.1) is 0 Å². The molecule has 0 aliphatic rings. The van der Waals surface area contributed by atoms with Gasteiger partial charge < -0.3 is 10.5 Å². The van der Waals surface area contributed by atoms with Gasteiger partial charge in [0.1, 0.15) is 5.60 Å². The van der Waals surface area contributed by atoms with Crippen molar-refractivity contribution in [2.45, 2.75) is 26.4 Å². The summed E-state index contributed by atoms with van der Waals surface area (Å²) in [5.74, 6) is 0.263. The van der Waals surface area contributed by atoms with E-state index in [1.54, 1.807) is 39.1 Å². The lowest BCUT2D eigenvalue weighted by atomic mass is 10.2. The number of aromatic nitrogens is 3. The number of pyridine rings is 1. The Kier molecular flexibility index (Phi) is 2.49. The van der Waals surface area contributed by atoms with Crippen LogP contribution in [0.15, 0.2) is 18.3 Å². The molecule has 2 heterocycles. The number of anilines is 1. The minimum atomic E-state index is -0.585. The summed E-state index contributed by atoms with van der Waals surface area (Å²) < 4.78 is 6.29. The minimum absolute atomic E-state index is 0.263. The van der Waals surface area contributed by atoms with Gasteiger partial charge in [-0.25, -0.2) is 9.78 Å². The Morgan fingerprint density at radius 1 is 1.47 bits per heavy atom. The van der Waals surface area contributed by atoms with Gasteiger partial charge >= 0.3 is 6.09 Å². The van der Waals surface area contributed by atoms with Crippen molar-refractivity contribution in [3.05, 3.63) is 18.3 Å². The Morgan fingerprint density at radius 3 is 2.82 bits per heavy atom. The van der Waals surface area contributed by atoms with E-state index >= 15 is 0 Å². The van der Waals surface area contributed by atoms with E-state index < -0.39 is 11.7 Å². The zero-order valence-corrected chi connectivity index (χ0v) is 9.97. The first-order valence-electron chi connectivity index (χ1n) is 5.21. The highest BCUT2D eigenvalue weighted by Crippen LogP contribution is 2.19. The number of ether oxygens (including phenoxy) is 1. The van der Waals surface area contributed by atoms with Crippen molar-refractivity contribution in [2.75, 3.05) is 5.73 Å². The zero-order valence-electron chi connectivity index (χ0n) is 9.97. The fourth-order valence-electron chi connectivity index (χ4n) is 1.41. The Hall–Kier alpha value is -2.11. The highest BCUT2D eigenvalue weighted by Gasteiger charge is 2.21. The van der Waals surface area contributed by atoms with Crippen molar-refractivity contribution in [2.24, 2.45) is 0 Å². The molecule has 6 heteroatoms. The van der Waals surface area contributed by atoms with E-state index in [1.165, 1.54) is 0 Å². The summed E-state index contributed by atoms with van der Waals surface area (Å²) in [4.78, 5) is 15.9. The number of hydrogen-bond acceptors (Lipinski definition) is 5. The van der Waals surface area contributed by atoms with Crippen LogP contribution in [-0.2, 0) is 4.74 Å². The largest absolute Gasteiger partial charge is 0.442 e. The van der Waals surface area contributed by atoms with Gasteiger partial charge in [0.2, 0.25) is 0 Å². The molecule has 0 amide bonds. The Bertz CT molecular complexity index is 568. The molecule has 2 aromatic heterocycles. The number of nitrogen functional groups attached to an aromatic ring is 1. The molecule has 6 nitrogen and oxygen atoms in total. The van der Waals surface area contributed by atoms with Gasteiger partial charge in [0.05, 0.1) is 5.39 Å². The molecule has 0 atom stereocenters. The third kappa shape index (κ3) is 2.20. The second-order valence-electron chi connectivity index (χ2n) is 4.65. The van der Waals surface area contributed by atoms with Crippen molar-refractivity contribution in [1.29, 1.82) is 0 Å². The molecule has 0 saturated heterocycles. The molecule has 0 aliphatic carbocycles. The molecular weight excluding hydrogens is 220 g/mol. The lowest BCUT2D eigenvalue weighted by Crippen LogP contribution is -2.27. The van der Waals surface area contributed by atoms with E-state index in [1.807, 2.05) is 0 Å². The van der Waals surface area contributed by atoms with Gasteiger partial charge in [-0.1, -0.05) is 0 Å². The molecule has 0 aromatic carbocycles. The number of carbonyl (C=O) groups is 1. The van der Waals surface area contributed by atoms with Crippen molar-refractivity contribution in [3.63, 3.8) is 0 Å². The Morgan fingerprint density at radius 2 is 2.18 bits per heavy atom. The fraction of sp³-hybridized carbons (Fsp3) is 0.364. The van der Waals surface area contributed by atoms with Crippen LogP contribution in [0.5, 0.6) is 0 Å². The van der Waals surface area contributed by atoms with Gasteiger partial charge in [0.15, 0.2) is 11.5 Å². The maximum Gasteiger partial charge on any atom is 0.437 e. The van der Waals surface area contributed by atoms with Gasteiger partial charge in [0, 0.05) is 6.20 Å². The molecule has 2 aromatic rings. The molecule has 0 aliphatic heterocycles. The van der Waals surface area contributed by atoms with Crippen LogP contribution in [0.25, 0.3) is 11.0 Å². The van der Waals surface area contributed by atoms with Crippen LogP contribution >= 0.6 is 0 Å². The fourth-order valence-corrected chi connectivity index (χ4v) is 1.41. The average Bonchev–Trinajstić information content (AvgIpc) is 2.55. The normalized spacial score (nSPS) is 11.7. The van der Waals surface area contributed by atoms with Crippen molar-refractivity contribution < 1.29 is 9.53 Å². The number of rotatable bonds is 0. The summed E-state index contributed by atoms with van der Waals surface area (Å²) in [7, 11) is 0. The number of nitrogens with two attached hydrogens (primary N) is 1. The van der Waals surface area contributed by atoms with E-state index in [0.29, 0.717) is 11.0 Å². The molecule has 17 heavy (non-hydrogen) atoms. The molecule has 2 rings (SSSR count). The van der Waals surface area contributed by atoms with Crippen molar-refractivity contribution in [1.82, 2.24) is 14.8 Å². The second kappa shape index (κ2) is 3.73. The molecule has 2 N–H and O–H groups in total.